The molecule has 1 amide bonds. The molecular weight excluding hydrogens is 258 g/mol. The molecule has 1 fully saturated rings. The normalized spacial score (nSPS) is 28.4. The molecule has 5 heteroatoms. The monoisotopic (exact) mass is 281 g/mol. The number of ether oxygens (including phenoxy) is 2. The van der Waals surface area contributed by atoms with E-state index < -0.39 is 17.7 Å². The first kappa shape index (κ1) is 14.9. The molecule has 3 atom stereocenters. The molecule has 0 aromatic rings. The topological polar surface area (TPSA) is 55.8 Å². The average Bonchev–Trinajstić information content (AvgIpc) is 2.37. The number of esters is 1. The van der Waals surface area contributed by atoms with Crippen molar-refractivity contribution < 1.29 is 19.1 Å². The van der Waals surface area contributed by atoms with Crippen LogP contribution >= 0.6 is 0 Å². The van der Waals surface area contributed by atoms with Crippen LogP contribution < -0.4 is 0 Å². The molecule has 0 aromatic heterocycles. The van der Waals surface area contributed by atoms with E-state index in [-0.39, 0.29) is 17.9 Å². The van der Waals surface area contributed by atoms with Crippen molar-refractivity contribution in [2.24, 2.45) is 5.92 Å². The average molecular weight is 281 g/mol. The summed E-state index contributed by atoms with van der Waals surface area (Å²) in [6.07, 6.45) is 5.36. The Balaban J connectivity index is 2.21. The number of rotatable bonds is 2. The fourth-order valence-corrected chi connectivity index (χ4v) is 2.81. The first-order chi connectivity index (χ1) is 9.33. The molecule has 0 spiro atoms. The van der Waals surface area contributed by atoms with Crippen LogP contribution in [0.1, 0.15) is 40.5 Å². The van der Waals surface area contributed by atoms with Crippen LogP contribution in [0.4, 0.5) is 4.79 Å². The first-order valence-corrected chi connectivity index (χ1v) is 7.19. The Hall–Kier alpha value is -1.52. The molecule has 1 saturated heterocycles. The molecule has 0 radical (unpaired) electrons. The lowest BCUT2D eigenvalue weighted by Gasteiger charge is -2.46. The van der Waals surface area contributed by atoms with Gasteiger partial charge in [0.05, 0.1) is 12.6 Å². The van der Waals surface area contributed by atoms with E-state index in [9.17, 15) is 9.59 Å². The number of fused-ring (bicyclic) bond motifs is 2. The van der Waals surface area contributed by atoms with E-state index in [0.29, 0.717) is 6.61 Å². The van der Waals surface area contributed by atoms with E-state index in [1.54, 1.807) is 11.8 Å². The van der Waals surface area contributed by atoms with Crippen molar-refractivity contribution in [3.8, 4) is 0 Å². The van der Waals surface area contributed by atoms with Gasteiger partial charge in [0.2, 0.25) is 0 Å². The van der Waals surface area contributed by atoms with E-state index in [0.717, 1.165) is 12.8 Å². The van der Waals surface area contributed by atoms with Gasteiger partial charge in [0.25, 0.3) is 0 Å². The SMILES string of the molecule is CCOC(=O)[C@H]1[C@@H]2C=C[C@@H](CC2)N1C(=O)OC(C)(C)C. The molecule has 0 aromatic carbocycles. The fourth-order valence-electron chi connectivity index (χ4n) is 2.81. The Labute approximate surface area is 119 Å². The highest BCUT2D eigenvalue weighted by molar-refractivity contribution is 5.83. The van der Waals surface area contributed by atoms with Gasteiger partial charge in [-0.3, -0.25) is 4.90 Å². The number of amides is 1. The van der Waals surface area contributed by atoms with E-state index >= 15 is 0 Å². The minimum absolute atomic E-state index is 0.0339. The zero-order valence-corrected chi connectivity index (χ0v) is 12.6. The molecule has 0 N–H and O–H groups in total. The molecule has 5 nitrogen and oxygen atoms in total. The van der Waals surface area contributed by atoms with Gasteiger partial charge in [-0.05, 0) is 40.5 Å². The summed E-state index contributed by atoms with van der Waals surface area (Å²) in [6, 6.07) is -0.613. The summed E-state index contributed by atoms with van der Waals surface area (Å²) in [5.74, 6) is -0.302. The highest BCUT2D eigenvalue weighted by Gasteiger charge is 2.47. The van der Waals surface area contributed by atoms with Gasteiger partial charge >= 0.3 is 12.1 Å². The highest BCUT2D eigenvalue weighted by Crippen LogP contribution is 2.36. The smallest absolute Gasteiger partial charge is 0.411 e. The predicted octanol–water partition coefficient (Wildman–Crippen LogP) is 2.50. The summed E-state index contributed by atoms with van der Waals surface area (Å²) in [7, 11) is 0. The minimum atomic E-state index is -0.573. The second-order valence-corrected chi connectivity index (χ2v) is 6.28. The van der Waals surface area contributed by atoms with Crippen molar-refractivity contribution >= 4 is 12.1 Å². The third-order valence-corrected chi connectivity index (χ3v) is 3.57. The maximum Gasteiger partial charge on any atom is 0.411 e. The highest BCUT2D eigenvalue weighted by atomic mass is 16.6. The number of hydrogen-bond donors (Lipinski definition) is 0. The zero-order chi connectivity index (χ0) is 14.9. The molecule has 0 saturated carbocycles. The summed E-state index contributed by atoms with van der Waals surface area (Å²) < 4.78 is 10.6. The molecule has 3 aliphatic rings. The molecule has 2 heterocycles. The standard InChI is InChI=1S/C15H23NO4/c1-5-19-13(17)12-10-6-8-11(9-7-10)16(12)14(18)20-15(2,3)4/h6,8,10-12H,5,7,9H2,1-4H3/t10-,11+,12-/m1/s1. The molecule has 2 aliphatic heterocycles. The van der Waals surface area contributed by atoms with Crippen LogP contribution in [-0.2, 0) is 14.3 Å². The summed E-state index contributed by atoms with van der Waals surface area (Å²) in [5.41, 5.74) is -0.573. The van der Waals surface area contributed by atoms with Crippen molar-refractivity contribution in [1.82, 2.24) is 4.90 Å². The molecule has 20 heavy (non-hydrogen) atoms. The Kier molecular flexibility index (Phi) is 4.06. The van der Waals surface area contributed by atoms with Crippen LogP contribution in [0.3, 0.4) is 0 Å². The molecule has 2 bridgehead atoms. The molecule has 1 aliphatic carbocycles. The second kappa shape index (κ2) is 5.46. The third kappa shape index (κ3) is 2.97. The van der Waals surface area contributed by atoms with E-state index in [1.165, 1.54) is 0 Å². The number of carbonyl (C=O) groups excluding carboxylic acids is 2. The van der Waals surface area contributed by atoms with Crippen LogP contribution in [-0.4, -0.2) is 41.3 Å². The number of hydrogen-bond acceptors (Lipinski definition) is 4. The van der Waals surface area contributed by atoms with Crippen molar-refractivity contribution in [2.45, 2.75) is 58.2 Å². The summed E-state index contributed by atoms with van der Waals surface area (Å²) in [4.78, 5) is 26.1. The van der Waals surface area contributed by atoms with Gasteiger partial charge in [-0.15, -0.1) is 0 Å². The van der Waals surface area contributed by atoms with Gasteiger partial charge in [0, 0.05) is 5.92 Å². The Morgan fingerprint density at radius 1 is 1.25 bits per heavy atom. The van der Waals surface area contributed by atoms with Gasteiger partial charge in [-0.2, -0.15) is 0 Å². The number of carbonyl (C=O) groups is 2. The largest absolute Gasteiger partial charge is 0.464 e. The number of piperidine rings is 1. The summed E-state index contributed by atoms with van der Waals surface area (Å²) in [5, 5.41) is 0. The quantitative estimate of drug-likeness (QED) is 0.576. The van der Waals surface area contributed by atoms with Gasteiger partial charge < -0.3 is 9.47 Å². The van der Waals surface area contributed by atoms with Crippen molar-refractivity contribution in [3.63, 3.8) is 0 Å². The molecule has 3 rings (SSSR count). The zero-order valence-electron chi connectivity index (χ0n) is 12.6. The maximum absolute atomic E-state index is 12.4. The fraction of sp³-hybridized carbons (Fsp3) is 0.733. The second-order valence-electron chi connectivity index (χ2n) is 6.28. The van der Waals surface area contributed by atoms with Crippen molar-refractivity contribution in [1.29, 1.82) is 0 Å². The van der Waals surface area contributed by atoms with Crippen LogP contribution in [0.5, 0.6) is 0 Å². The summed E-state index contributed by atoms with van der Waals surface area (Å²) >= 11 is 0. The van der Waals surface area contributed by atoms with Crippen molar-refractivity contribution in [3.05, 3.63) is 12.2 Å². The van der Waals surface area contributed by atoms with Gasteiger partial charge in [-0.1, -0.05) is 12.2 Å². The lowest BCUT2D eigenvalue weighted by molar-refractivity contribution is -0.153. The van der Waals surface area contributed by atoms with Crippen LogP contribution in [0.25, 0.3) is 0 Å². The predicted molar refractivity (Wildman–Crippen MR) is 74.1 cm³/mol. The van der Waals surface area contributed by atoms with Crippen LogP contribution in [0.2, 0.25) is 0 Å². The van der Waals surface area contributed by atoms with Crippen LogP contribution in [0.15, 0.2) is 12.2 Å². The molecular formula is C15H23NO4. The minimum Gasteiger partial charge on any atom is -0.464 e. The van der Waals surface area contributed by atoms with Gasteiger partial charge in [0.1, 0.15) is 11.6 Å². The van der Waals surface area contributed by atoms with Crippen LogP contribution in [0, 0.1) is 5.92 Å². The van der Waals surface area contributed by atoms with E-state index in [2.05, 4.69) is 0 Å². The number of nitrogens with zero attached hydrogens (tertiary/aromatic N) is 1. The Morgan fingerprint density at radius 2 is 1.95 bits per heavy atom. The Morgan fingerprint density at radius 3 is 2.45 bits per heavy atom. The lowest BCUT2D eigenvalue weighted by Crippen LogP contribution is -2.59. The molecule has 112 valence electrons. The first-order valence-electron chi connectivity index (χ1n) is 7.19. The maximum atomic E-state index is 12.4. The lowest BCUT2D eigenvalue weighted by atomic mass is 9.80. The molecule has 0 unspecified atom stereocenters. The van der Waals surface area contributed by atoms with Crippen molar-refractivity contribution in [2.75, 3.05) is 6.61 Å². The van der Waals surface area contributed by atoms with Gasteiger partial charge in [-0.25, -0.2) is 9.59 Å². The van der Waals surface area contributed by atoms with E-state index in [1.807, 2.05) is 32.9 Å². The van der Waals surface area contributed by atoms with E-state index in [4.69, 9.17) is 9.47 Å². The Bertz CT molecular complexity index is 424. The summed E-state index contributed by atoms with van der Waals surface area (Å²) in [6.45, 7) is 7.55. The van der Waals surface area contributed by atoms with Gasteiger partial charge in [0.15, 0.2) is 0 Å². The third-order valence-electron chi connectivity index (χ3n) is 3.57.